The minimum Gasteiger partial charge on any atom is -0.397 e. The van der Waals surface area contributed by atoms with Crippen LogP contribution in [0, 0.1) is 0 Å². The minimum absolute atomic E-state index is 0.616. The second-order valence-electron chi connectivity index (χ2n) is 4.83. The summed E-state index contributed by atoms with van der Waals surface area (Å²) < 4.78 is 0.990. The zero-order valence-corrected chi connectivity index (χ0v) is 11.9. The zero-order valence-electron chi connectivity index (χ0n) is 10.3. The van der Waals surface area contributed by atoms with E-state index in [4.69, 9.17) is 5.73 Å². The number of rotatable bonds is 2. The first-order valence-corrected chi connectivity index (χ1v) is 7.11. The molecule has 1 saturated carbocycles. The first-order chi connectivity index (χ1) is 8.18. The van der Waals surface area contributed by atoms with Gasteiger partial charge < -0.3 is 10.6 Å². The van der Waals surface area contributed by atoms with E-state index >= 15 is 0 Å². The summed E-state index contributed by atoms with van der Waals surface area (Å²) in [6.07, 6.45) is 9.70. The molecule has 1 heterocycles. The number of halogens is 1. The number of pyridine rings is 1. The van der Waals surface area contributed by atoms with E-state index in [0.29, 0.717) is 11.7 Å². The number of nitrogens with two attached hydrogens (primary N) is 1. The molecule has 0 aromatic carbocycles. The molecule has 1 aliphatic carbocycles. The third kappa shape index (κ3) is 3.12. The van der Waals surface area contributed by atoms with Crippen LogP contribution in [-0.4, -0.2) is 18.1 Å². The van der Waals surface area contributed by atoms with Crippen molar-refractivity contribution in [3.05, 3.63) is 16.7 Å². The maximum atomic E-state index is 5.72. The Hall–Kier alpha value is -0.770. The zero-order chi connectivity index (χ0) is 12.3. The molecule has 1 aromatic heterocycles. The molecule has 0 radical (unpaired) electrons. The van der Waals surface area contributed by atoms with Gasteiger partial charge in [0.25, 0.3) is 0 Å². The van der Waals surface area contributed by atoms with Crippen LogP contribution in [0.25, 0.3) is 0 Å². The van der Waals surface area contributed by atoms with Gasteiger partial charge in [0.05, 0.1) is 16.4 Å². The van der Waals surface area contributed by atoms with Gasteiger partial charge in [0.15, 0.2) is 0 Å². The molecule has 3 nitrogen and oxygen atoms in total. The Morgan fingerprint density at radius 2 is 1.94 bits per heavy atom. The van der Waals surface area contributed by atoms with Gasteiger partial charge in [0.1, 0.15) is 5.82 Å². The summed E-state index contributed by atoms with van der Waals surface area (Å²) in [4.78, 5) is 6.74. The van der Waals surface area contributed by atoms with Crippen LogP contribution >= 0.6 is 15.9 Å². The molecule has 2 rings (SSSR count). The highest BCUT2D eigenvalue weighted by atomic mass is 79.9. The molecule has 2 N–H and O–H groups in total. The number of nitrogens with zero attached hydrogens (tertiary/aromatic N) is 2. The first-order valence-electron chi connectivity index (χ1n) is 6.32. The van der Waals surface area contributed by atoms with E-state index in [1.54, 1.807) is 6.20 Å². The molecule has 1 fully saturated rings. The van der Waals surface area contributed by atoms with Crippen molar-refractivity contribution in [2.75, 3.05) is 17.7 Å². The molecule has 0 bridgehead atoms. The maximum absolute atomic E-state index is 5.72. The van der Waals surface area contributed by atoms with E-state index in [1.807, 2.05) is 6.07 Å². The summed E-state index contributed by atoms with van der Waals surface area (Å²) in [6, 6.07) is 2.54. The van der Waals surface area contributed by atoms with E-state index in [-0.39, 0.29) is 0 Å². The molecule has 0 saturated heterocycles. The Morgan fingerprint density at radius 1 is 1.29 bits per heavy atom. The van der Waals surface area contributed by atoms with Crippen molar-refractivity contribution in [1.82, 2.24) is 4.98 Å². The Kier molecular flexibility index (Phi) is 4.26. The molecule has 17 heavy (non-hydrogen) atoms. The van der Waals surface area contributed by atoms with Gasteiger partial charge in [-0.1, -0.05) is 25.7 Å². The van der Waals surface area contributed by atoms with Gasteiger partial charge in [-0.05, 0) is 34.8 Å². The van der Waals surface area contributed by atoms with Crippen molar-refractivity contribution in [3.63, 3.8) is 0 Å². The quantitative estimate of drug-likeness (QED) is 0.848. The second-order valence-corrected chi connectivity index (χ2v) is 5.68. The summed E-state index contributed by atoms with van der Waals surface area (Å²) in [5, 5.41) is 0. The van der Waals surface area contributed by atoms with Gasteiger partial charge in [-0.15, -0.1) is 0 Å². The lowest BCUT2D eigenvalue weighted by Gasteiger charge is -2.29. The van der Waals surface area contributed by atoms with Gasteiger partial charge in [-0.25, -0.2) is 4.98 Å². The lowest BCUT2D eigenvalue weighted by molar-refractivity contribution is 0.548. The highest BCUT2D eigenvalue weighted by molar-refractivity contribution is 9.10. The van der Waals surface area contributed by atoms with Crippen LogP contribution in [0.5, 0.6) is 0 Å². The molecule has 1 aromatic rings. The van der Waals surface area contributed by atoms with Crippen molar-refractivity contribution in [2.24, 2.45) is 0 Å². The Labute approximate surface area is 112 Å². The van der Waals surface area contributed by atoms with Crippen LogP contribution in [0.2, 0.25) is 0 Å². The number of hydrogen-bond acceptors (Lipinski definition) is 3. The normalized spacial score (nSPS) is 17.8. The molecular weight excluding hydrogens is 278 g/mol. The predicted molar refractivity (Wildman–Crippen MR) is 76.2 cm³/mol. The van der Waals surface area contributed by atoms with Gasteiger partial charge in [-0.3, -0.25) is 0 Å². The Bertz CT molecular complexity index is 373. The third-order valence-corrected chi connectivity index (χ3v) is 4.13. The van der Waals surface area contributed by atoms with Crippen molar-refractivity contribution in [2.45, 2.75) is 44.6 Å². The smallest absolute Gasteiger partial charge is 0.143 e. The molecule has 94 valence electrons. The van der Waals surface area contributed by atoms with Crippen molar-refractivity contribution >= 4 is 27.4 Å². The average molecular weight is 298 g/mol. The Balaban J connectivity index is 2.14. The summed E-state index contributed by atoms with van der Waals surface area (Å²) >= 11 is 3.55. The average Bonchev–Trinajstić information content (AvgIpc) is 2.56. The molecule has 0 unspecified atom stereocenters. The number of anilines is 2. The SMILES string of the molecule is CN(c1ncc(N)cc1Br)C1CCCCCC1. The number of aromatic nitrogens is 1. The molecule has 1 aliphatic rings. The van der Waals surface area contributed by atoms with Crippen molar-refractivity contribution < 1.29 is 0 Å². The van der Waals surface area contributed by atoms with E-state index < -0.39 is 0 Å². The highest BCUT2D eigenvalue weighted by Gasteiger charge is 2.19. The van der Waals surface area contributed by atoms with Crippen LogP contribution < -0.4 is 10.6 Å². The minimum atomic E-state index is 0.616. The van der Waals surface area contributed by atoms with Crippen molar-refractivity contribution in [1.29, 1.82) is 0 Å². The fourth-order valence-corrected chi connectivity index (χ4v) is 3.17. The van der Waals surface area contributed by atoms with Crippen LogP contribution in [0.1, 0.15) is 38.5 Å². The fourth-order valence-electron chi connectivity index (χ4n) is 2.52. The molecule has 4 heteroatoms. The van der Waals surface area contributed by atoms with Crippen LogP contribution in [0.3, 0.4) is 0 Å². The van der Waals surface area contributed by atoms with Gasteiger partial charge >= 0.3 is 0 Å². The maximum Gasteiger partial charge on any atom is 0.143 e. The largest absolute Gasteiger partial charge is 0.397 e. The monoisotopic (exact) mass is 297 g/mol. The molecular formula is C13H20BrN3. The fraction of sp³-hybridized carbons (Fsp3) is 0.615. The molecule has 0 amide bonds. The Morgan fingerprint density at radius 3 is 2.53 bits per heavy atom. The van der Waals surface area contributed by atoms with E-state index in [2.05, 4.69) is 32.9 Å². The summed E-state index contributed by atoms with van der Waals surface area (Å²) in [6.45, 7) is 0. The van der Waals surface area contributed by atoms with Crippen molar-refractivity contribution in [3.8, 4) is 0 Å². The highest BCUT2D eigenvalue weighted by Crippen LogP contribution is 2.30. The number of hydrogen-bond donors (Lipinski definition) is 1. The van der Waals surface area contributed by atoms with E-state index in [0.717, 1.165) is 10.3 Å². The van der Waals surface area contributed by atoms with Gasteiger partial charge in [0.2, 0.25) is 0 Å². The summed E-state index contributed by atoms with van der Waals surface area (Å²) in [7, 11) is 2.14. The van der Waals surface area contributed by atoms with Gasteiger partial charge in [0, 0.05) is 13.1 Å². The number of nitrogen functional groups attached to an aromatic ring is 1. The van der Waals surface area contributed by atoms with Crippen LogP contribution in [-0.2, 0) is 0 Å². The van der Waals surface area contributed by atoms with E-state index in [1.165, 1.54) is 38.5 Å². The molecule has 0 spiro atoms. The van der Waals surface area contributed by atoms with E-state index in [9.17, 15) is 0 Å². The van der Waals surface area contributed by atoms with Crippen LogP contribution in [0.4, 0.5) is 11.5 Å². The topological polar surface area (TPSA) is 42.2 Å². The standard InChI is InChI=1S/C13H20BrN3/c1-17(11-6-4-2-3-5-7-11)13-12(14)8-10(15)9-16-13/h8-9,11H,2-7,15H2,1H3. The summed E-state index contributed by atoms with van der Waals surface area (Å²) in [5.74, 6) is 1.01. The predicted octanol–water partition coefficient (Wildman–Crippen LogP) is 3.59. The molecule has 0 atom stereocenters. The lowest BCUT2D eigenvalue weighted by Crippen LogP contribution is -2.32. The van der Waals surface area contributed by atoms with Gasteiger partial charge in [-0.2, -0.15) is 0 Å². The molecule has 0 aliphatic heterocycles. The first kappa shape index (κ1) is 12.7. The second kappa shape index (κ2) is 5.71. The summed E-state index contributed by atoms with van der Waals surface area (Å²) in [5.41, 5.74) is 6.42. The third-order valence-electron chi connectivity index (χ3n) is 3.55. The lowest BCUT2D eigenvalue weighted by atomic mass is 10.1. The van der Waals surface area contributed by atoms with Crippen LogP contribution in [0.15, 0.2) is 16.7 Å².